The first-order valence-electron chi connectivity index (χ1n) is 15.2. The zero-order valence-corrected chi connectivity index (χ0v) is 29.4. The molecule has 0 spiro atoms. The number of hydrogen-bond donors (Lipinski definition) is 0. The van der Waals surface area contributed by atoms with E-state index in [2.05, 4.69) is 58.5 Å². The quantitative estimate of drug-likeness (QED) is 0.0779. The number of nitrogens with zero attached hydrogens (tertiary/aromatic N) is 4. The monoisotopic (exact) mass is 714 g/mol. The average molecular weight is 715 g/mol. The maximum Gasteiger partial charge on any atom is 0.454 e. The van der Waals surface area contributed by atoms with E-state index >= 15 is 0 Å². The molecule has 2 atom stereocenters. The Balaban J connectivity index is 0.000000184. The summed E-state index contributed by atoms with van der Waals surface area (Å²) in [6.07, 6.45) is -1.95. The molecule has 2 unspecified atom stereocenters. The molecule has 12 heteroatoms. The highest BCUT2D eigenvalue weighted by Crippen LogP contribution is 2.49. The number of Topliss-reactive ketones (excluding diaryl/α,β-unsaturated/α-hetero) is 1. The maximum absolute atomic E-state index is 12.9. The van der Waals surface area contributed by atoms with Crippen LogP contribution in [0.5, 0.6) is 0 Å². The van der Waals surface area contributed by atoms with Gasteiger partial charge >= 0.3 is 6.18 Å². The van der Waals surface area contributed by atoms with E-state index in [-0.39, 0.29) is 11.3 Å². The number of aromatic nitrogens is 1. The lowest BCUT2D eigenvalue weighted by Crippen LogP contribution is -2.42. The van der Waals surface area contributed by atoms with Crippen LogP contribution >= 0.6 is 46.6 Å². The number of anilines is 1. The molecule has 1 fully saturated rings. The number of alkyl halides is 3. The largest absolute Gasteiger partial charge is 0.454 e. The fourth-order valence-electron chi connectivity index (χ4n) is 5.69. The van der Waals surface area contributed by atoms with E-state index < -0.39 is 17.5 Å². The molecule has 246 valence electrons. The van der Waals surface area contributed by atoms with Crippen LogP contribution in [0.25, 0.3) is 10.6 Å². The van der Waals surface area contributed by atoms with Crippen molar-refractivity contribution in [2.24, 2.45) is 0 Å². The van der Waals surface area contributed by atoms with Gasteiger partial charge in [-0.3, -0.25) is 4.79 Å². The SMILES string of the molecule is CCCCSc1nc(-c2cccs2)c(C(=O)C(F)(F)F)cc1C#N.Cc1ccc2c(c1)C1CN(C)CCC1N2Sc1ccc(Cl)cc1. The number of piperidine rings is 1. The lowest BCUT2D eigenvalue weighted by Gasteiger charge is -2.36. The van der Waals surface area contributed by atoms with Crippen LogP contribution in [0, 0.1) is 18.3 Å². The number of carbonyl (C=O) groups excluding carboxylic acids is 1. The third-order valence-electron chi connectivity index (χ3n) is 8.02. The molecule has 4 heterocycles. The van der Waals surface area contributed by atoms with Gasteiger partial charge in [0.25, 0.3) is 5.78 Å². The van der Waals surface area contributed by atoms with Gasteiger partial charge in [0.1, 0.15) is 11.1 Å². The third kappa shape index (κ3) is 8.35. The number of unbranched alkanes of at least 4 members (excludes halogenated alkanes) is 1. The van der Waals surface area contributed by atoms with Gasteiger partial charge in [-0.2, -0.15) is 18.4 Å². The second-order valence-electron chi connectivity index (χ2n) is 11.5. The number of carbonyl (C=O) groups is 1. The van der Waals surface area contributed by atoms with Crippen molar-refractivity contribution in [2.45, 2.75) is 61.2 Å². The number of aryl methyl sites for hydroxylation is 1. The molecule has 0 bridgehead atoms. The molecule has 47 heavy (non-hydrogen) atoms. The summed E-state index contributed by atoms with van der Waals surface area (Å²) in [7, 11) is 2.24. The zero-order chi connectivity index (χ0) is 33.7. The van der Waals surface area contributed by atoms with Crippen molar-refractivity contribution in [2.75, 3.05) is 30.2 Å². The molecule has 0 saturated carbocycles. The molecule has 2 aliphatic rings. The van der Waals surface area contributed by atoms with Gasteiger partial charge in [-0.15, -0.1) is 23.1 Å². The number of halogens is 4. The smallest absolute Gasteiger partial charge is 0.308 e. The molecule has 2 aromatic heterocycles. The topological polar surface area (TPSA) is 60.2 Å². The number of thioether (sulfide) groups is 1. The van der Waals surface area contributed by atoms with E-state index in [1.54, 1.807) is 17.5 Å². The first-order chi connectivity index (χ1) is 22.5. The first-order valence-corrected chi connectivity index (χ1v) is 18.3. The van der Waals surface area contributed by atoms with E-state index in [9.17, 15) is 23.2 Å². The van der Waals surface area contributed by atoms with Gasteiger partial charge in [-0.25, -0.2) is 4.98 Å². The van der Waals surface area contributed by atoms with Crippen LogP contribution in [0.15, 0.2) is 76.0 Å². The number of nitriles is 1. The number of likely N-dealkylation sites (tertiary alicyclic amines) is 1. The van der Waals surface area contributed by atoms with E-state index in [1.807, 2.05) is 37.1 Å². The van der Waals surface area contributed by atoms with Gasteiger partial charge in [0.05, 0.1) is 33.4 Å². The van der Waals surface area contributed by atoms with Crippen molar-refractivity contribution in [1.82, 2.24) is 9.88 Å². The number of benzene rings is 2. The van der Waals surface area contributed by atoms with Crippen LogP contribution in [-0.4, -0.2) is 53.8 Å². The summed E-state index contributed by atoms with van der Waals surface area (Å²) in [6.45, 7) is 6.53. The summed E-state index contributed by atoms with van der Waals surface area (Å²) in [5.74, 6) is -0.669. The molecule has 0 amide bonds. The Hall–Kier alpha value is -3.01. The number of likely N-dealkylation sites (N-methyl/N-ethyl adjacent to an activating group) is 1. The van der Waals surface area contributed by atoms with Crippen LogP contribution in [0.3, 0.4) is 0 Å². The Morgan fingerprint density at radius 1 is 1.17 bits per heavy atom. The number of ketones is 1. The minimum atomic E-state index is -5.02. The predicted octanol–water partition coefficient (Wildman–Crippen LogP) is 10.3. The molecule has 0 N–H and O–H groups in total. The second-order valence-corrected chi connectivity index (χ2v) is 15.0. The molecule has 1 saturated heterocycles. The number of rotatable bonds is 8. The van der Waals surface area contributed by atoms with Crippen LogP contribution in [0.1, 0.15) is 59.2 Å². The van der Waals surface area contributed by atoms with Crippen LogP contribution < -0.4 is 4.31 Å². The summed E-state index contributed by atoms with van der Waals surface area (Å²) < 4.78 is 41.2. The average Bonchev–Trinajstić information content (AvgIpc) is 3.68. The molecule has 5 nitrogen and oxygen atoms in total. The lowest BCUT2D eigenvalue weighted by molar-refractivity contribution is -0.0885. The Bertz CT molecular complexity index is 1740. The van der Waals surface area contributed by atoms with E-state index in [4.69, 9.17) is 11.6 Å². The Morgan fingerprint density at radius 3 is 2.60 bits per heavy atom. The van der Waals surface area contributed by atoms with Crippen molar-refractivity contribution >= 4 is 58.1 Å². The van der Waals surface area contributed by atoms with Gasteiger partial charge in [0.15, 0.2) is 0 Å². The van der Waals surface area contributed by atoms with E-state index in [1.165, 1.54) is 57.8 Å². The summed E-state index contributed by atoms with van der Waals surface area (Å²) in [4.78, 5) is 20.1. The fraction of sp³-hybridized carbons (Fsp3) is 0.343. The van der Waals surface area contributed by atoms with Gasteiger partial charge in [0, 0.05) is 22.4 Å². The summed E-state index contributed by atoms with van der Waals surface area (Å²) in [5.41, 5.74) is 3.65. The molecule has 0 aliphatic carbocycles. The van der Waals surface area contributed by atoms with Crippen molar-refractivity contribution in [1.29, 1.82) is 5.26 Å². The number of pyridine rings is 1. The highest BCUT2D eigenvalue weighted by molar-refractivity contribution is 8.00. The first kappa shape index (κ1) is 35.3. The third-order valence-corrected chi connectivity index (χ3v) is 11.4. The van der Waals surface area contributed by atoms with Crippen LogP contribution in [-0.2, 0) is 0 Å². The summed E-state index contributed by atoms with van der Waals surface area (Å²) >= 11 is 10.4. The Kier molecular flexibility index (Phi) is 11.6. The Morgan fingerprint density at radius 2 is 1.94 bits per heavy atom. The van der Waals surface area contributed by atoms with E-state index in [0.717, 1.165) is 30.5 Å². The summed E-state index contributed by atoms with van der Waals surface area (Å²) in [6, 6.07) is 21.8. The minimum absolute atomic E-state index is 0.0102. The molecule has 4 aromatic rings. The zero-order valence-electron chi connectivity index (χ0n) is 26.2. The van der Waals surface area contributed by atoms with E-state index in [0.29, 0.717) is 27.6 Å². The van der Waals surface area contributed by atoms with Gasteiger partial charge in [-0.1, -0.05) is 48.7 Å². The minimum Gasteiger partial charge on any atom is -0.308 e. The molecule has 0 radical (unpaired) electrons. The van der Waals surface area contributed by atoms with Crippen molar-refractivity contribution in [3.8, 4) is 16.6 Å². The molecule has 2 aliphatic heterocycles. The molecule has 2 aromatic carbocycles. The molecular weight excluding hydrogens is 681 g/mol. The highest BCUT2D eigenvalue weighted by Gasteiger charge is 2.42. The van der Waals surface area contributed by atoms with Crippen molar-refractivity contribution < 1.29 is 18.0 Å². The Labute approximate surface area is 291 Å². The van der Waals surface area contributed by atoms with Gasteiger partial charge < -0.3 is 9.21 Å². The van der Waals surface area contributed by atoms with Gasteiger partial charge in [0.2, 0.25) is 0 Å². The predicted molar refractivity (Wildman–Crippen MR) is 188 cm³/mol. The number of thiophene rings is 1. The lowest BCUT2D eigenvalue weighted by atomic mass is 9.89. The standard InChI is InChI=1S/C19H21ClN2S.C16H13F3N2OS2/c1-13-3-8-18-16(11-13)17-12-21(2)10-9-19(17)22(18)23-15-6-4-14(20)5-7-15;1-2-3-6-24-15-10(9-20)8-11(14(22)16(17,18)19)13(21-15)12-5-4-7-23-12/h3-8,11,17,19H,9-10,12H2,1-2H3;4-5,7-8H,2-3,6H2,1H3. The van der Waals surface area contributed by atoms with Crippen molar-refractivity contribution in [3.63, 3.8) is 0 Å². The molecular formula is C35H34ClF3N4OS3. The van der Waals surface area contributed by atoms with Crippen LogP contribution in [0.2, 0.25) is 5.02 Å². The highest BCUT2D eigenvalue weighted by atomic mass is 35.5. The van der Waals surface area contributed by atoms with Crippen molar-refractivity contribution in [3.05, 3.63) is 93.3 Å². The second kappa shape index (κ2) is 15.5. The maximum atomic E-state index is 12.9. The number of fused-ring (bicyclic) bond motifs is 3. The number of hydrogen-bond acceptors (Lipinski definition) is 8. The normalized spacial score (nSPS) is 17.4. The molecule has 6 rings (SSSR count). The summed E-state index contributed by atoms with van der Waals surface area (Å²) in [5, 5.41) is 12.1. The fourth-order valence-corrected chi connectivity index (χ4v) is 8.73. The van der Waals surface area contributed by atoms with Gasteiger partial charge in [-0.05, 0) is 104 Å². The van der Waals surface area contributed by atoms with Crippen LogP contribution in [0.4, 0.5) is 18.9 Å².